The number of thiophene rings is 1. The molecule has 1 unspecified atom stereocenters. The Morgan fingerprint density at radius 2 is 1.97 bits per heavy atom. The van der Waals surface area contributed by atoms with Crippen LogP contribution in [0.25, 0.3) is 10.8 Å². The number of nitrogens with zero attached hydrogens (tertiary/aromatic N) is 2. The van der Waals surface area contributed by atoms with Crippen LogP contribution in [0.3, 0.4) is 0 Å². The van der Waals surface area contributed by atoms with Gasteiger partial charge in [-0.15, -0.1) is 11.3 Å². The molecular weight excluding hydrogens is 448 g/mol. The molecule has 1 atom stereocenters. The van der Waals surface area contributed by atoms with Gasteiger partial charge in [-0.2, -0.15) is 0 Å². The van der Waals surface area contributed by atoms with Gasteiger partial charge in [0.2, 0.25) is 5.91 Å². The average molecular weight is 466 g/mol. The predicted molar refractivity (Wildman–Crippen MR) is 115 cm³/mol. The smallest absolute Gasteiger partial charge is 0.256 e. The number of hydrogen-bond acceptors (Lipinski definition) is 5. The molecule has 0 spiro atoms. The second-order valence-electron chi connectivity index (χ2n) is 7.85. The van der Waals surface area contributed by atoms with Crippen molar-refractivity contribution in [3.8, 4) is 0 Å². The molecule has 0 bridgehead atoms. The molecule has 1 fully saturated rings. The van der Waals surface area contributed by atoms with Gasteiger partial charge in [0.1, 0.15) is 0 Å². The third-order valence-electron chi connectivity index (χ3n) is 6.00. The zero-order chi connectivity index (χ0) is 21.9. The Bertz CT molecular complexity index is 1250. The van der Waals surface area contributed by atoms with Crippen molar-refractivity contribution in [1.29, 1.82) is 0 Å². The van der Waals surface area contributed by atoms with E-state index in [2.05, 4.69) is 9.88 Å². The molecule has 5 rings (SSSR count). The van der Waals surface area contributed by atoms with Crippen LogP contribution in [0.15, 0.2) is 28.4 Å². The molecule has 4 heterocycles. The topological polar surface area (TPSA) is 65.6 Å². The van der Waals surface area contributed by atoms with Crippen LogP contribution in [0.1, 0.15) is 17.3 Å². The highest BCUT2D eigenvalue weighted by molar-refractivity contribution is 7.14. The number of H-pyrrole nitrogens is 1. The number of carbonyl (C=O) groups is 1. The normalized spacial score (nSPS) is 18.7. The van der Waals surface area contributed by atoms with Crippen molar-refractivity contribution >= 4 is 45.3 Å². The van der Waals surface area contributed by atoms with Gasteiger partial charge < -0.3 is 19.5 Å². The highest BCUT2D eigenvalue weighted by atomic mass is 35.5. The number of nitrogens with one attached hydrogen (secondary N) is 1. The van der Waals surface area contributed by atoms with Gasteiger partial charge in [-0.25, -0.2) is 8.78 Å². The van der Waals surface area contributed by atoms with E-state index in [4.69, 9.17) is 16.3 Å². The molecule has 2 aliphatic rings. The Morgan fingerprint density at radius 3 is 2.65 bits per heavy atom. The molecule has 1 aromatic carbocycles. The quantitative estimate of drug-likeness (QED) is 0.640. The molecule has 0 saturated carbocycles. The number of likely N-dealkylation sites (N-methyl/N-ethyl adjacent to an activating group) is 1. The number of amides is 1. The second kappa shape index (κ2) is 7.58. The lowest BCUT2D eigenvalue weighted by Gasteiger charge is -2.43. The molecule has 10 heteroatoms. The first-order chi connectivity index (χ1) is 14.8. The fourth-order valence-corrected chi connectivity index (χ4v) is 5.19. The molecule has 3 aromatic rings. The molecule has 6 nitrogen and oxygen atoms in total. The number of anilines is 1. The maximum atomic E-state index is 14.0. The van der Waals surface area contributed by atoms with Gasteiger partial charge in [-0.05, 0) is 23.6 Å². The maximum Gasteiger partial charge on any atom is 0.256 e. The van der Waals surface area contributed by atoms with Crippen LogP contribution < -0.4 is 10.5 Å². The molecule has 1 N–H and O–H groups in total. The second-order valence-corrected chi connectivity index (χ2v) is 9.39. The fourth-order valence-electron chi connectivity index (χ4n) is 4.30. The van der Waals surface area contributed by atoms with Gasteiger partial charge in [0.05, 0.1) is 34.9 Å². The number of aromatic nitrogens is 1. The Hall–Kier alpha value is -2.49. The maximum absolute atomic E-state index is 14.0. The van der Waals surface area contributed by atoms with Crippen LogP contribution in [-0.2, 0) is 16.1 Å². The number of aromatic amines is 1. The summed E-state index contributed by atoms with van der Waals surface area (Å²) in [5.41, 5.74) is 1.54. The standard InChI is InChI=1S/C21H18ClF2N3O3S/c1-26(21(29)10-5-27(6-10)11-2-18(22)31-9-11)17-8-30-7-16-19(17)12-3-14(23)15(24)4-13(12)20(28)25-16/h2-4,9-10,17H,5-8H2,1H3,(H,25,28). The van der Waals surface area contributed by atoms with E-state index in [1.54, 1.807) is 11.9 Å². The van der Waals surface area contributed by atoms with Gasteiger partial charge in [-0.1, -0.05) is 11.6 Å². The lowest BCUT2D eigenvalue weighted by molar-refractivity contribution is -0.139. The van der Waals surface area contributed by atoms with Crippen LogP contribution >= 0.6 is 22.9 Å². The van der Waals surface area contributed by atoms with Gasteiger partial charge >= 0.3 is 0 Å². The average Bonchev–Trinajstić information content (AvgIpc) is 3.13. The first-order valence-electron chi connectivity index (χ1n) is 9.70. The lowest BCUT2D eigenvalue weighted by Crippen LogP contribution is -2.55. The summed E-state index contributed by atoms with van der Waals surface area (Å²) < 4.78 is 34.1. The van der Waals surface area contributed by atoms with Crippen LogP contribution in [0.5, 0.6) is 0 Å². The van der Waals surface area contributed by atoms with Crippen molar-refractivity contribution in [2.75, 3.05) is 31.6 Å². The Kier molecular flexibility index (Phi) is 4.99. The first-order valence-corrected chi connectivity index (χ1v) is 11.0. The van der Waals surface area contributed by atoms with Crippen molar-refractivity contribution in [2.24, 2.45) is 5.92 Å². The van der Waals surface area contributed by atoms with E-state index in [1.165, 1.54) is 11.3 Å². The molecule has 0 aliphatic carbocycles. The van der Waals surface area contributed by atoms with E-state index in [0.29, 0.717) is 34.1 Å². The number of rotatable bonds is 3. The fraction of sp³-hybridized carbons (Fsp3) is 0.333. The largest absolute Gasteiger partial charge is 0.373 e. The molecular formula is C21H18ClF2N3O3S. The molecule has 2 aliphatic heterocycles. The van der Waals surface area contributed by atoms with Crippen molar-refractivity contribution in [3.05, 3.63) is 61.2 Å². The van der Waals surface area contributed by atoms with Gasteiger partial charge in [0, 0.05) is 42.5 Å². The van der Waals surface area contributed by atoms with Crippen molar-refractivity contribution in [2.45, 2.75) is 12.6 Å². The summed E-state index contributed by atoms with van der Waals surface area (Å²) in [6, 6.07) is 3.28. The van der Waals surface area contributed by atoms with Gasteiger partial charge in [0.25, 0.3) is 5.56 Å². The molecule has 162 valence electrons. The molecule has 1 saturated heterocycles. The monoisotopic (exact) mass is 465 g/mol. The first kappa shape index (κ1) is 20.4. The molecule has 0 radical (unpaired) electrons. The zero-order valence-corrected chi connectivity index (χ0v) is 18.0. The zero-order valence-electron chi connectivity index (χ0n) is 16.5. The lowest BCUT2D eigenvalue weighted by atomic mass is 9.93. The summed E-state index contributed by atoms with van der Waals surface area (Å²) in [5.74, 6) is -2.39. The number of fused-ring (bicyclic) bond motifs is 3. The summed E-state index contributed by atoms with van der Waals surface area (Å²) in [7, 11) is 1.67. The third-order valence-corrected chi connectivity index (χ3v) is 7.08. The molecule has 2 aromatic heterocycles. The summed E-state index contributed by atoms with van der Waals surface area (Å²) in [5, 5.41) is 2.30. The van der Waals surface area contributed by atoms with E-state index in [-0.39, 0.29) is 30.4 Å². The van der Waals surface area contributed by atoms with E-state index in [9.17, 15) is 18.4 Å². The summed E-state index contributed by atoms with van der Waals surface area (Å²) in [6.07, 6.45) is 0. The Balaban J connectivity index is 1.44. The summed E-state index contributed by atoms with van der Waals surface area (Å²) in [6.45, 7) is 1.48. The number of halogens is 3. The van der Waals surface area contributed by atoms with Crippen molar-refractivity contribution in [1.82, 2.24) is 9.88 Å². The van der Waals surface area contributed by atoms with Crippen LogP contribution in [0, 0.1) is 17.6 Å². The number of hydrogen-bond donors (Lipinski definition) is 1. The SMILES string of the molecule is CN(C(=O)C1CN(c2csc(Cl)c2)C1)C1COCc2[nH]c(=O)c3cc(F)c(F)cc3c21. The van der Waals surface area contributed by atoms with Crippen LogP contribution in [-0.4, -0.2) is 42.5 Å². The van der Waals surface area contributed by atoms with Gasteiger partial charge in [0.15, 0.2) is 11.6 Å². The van der Waals surface area contributed by atoms with E-state index >= 15 is 0 Å². The number of ether oxygens (including phenoxy) is 1. The predicted octanol–water partition coefficient (Wildman–Crippen LogP) is 3.69. The summed E-state index contributed by atoms with van der Waals surface area (Å²) >= 11 is 7.43. The van der Waals surface area contributed by atoms with E-state index in [0.717, 1.165) is 17.8 Å². The van der Waals surface area contributed by atoms with Crippen molar-refractivity contribution < 1.29 is 18.3 Å². The molecule has 31 heavy (non-hydrogen) atoms. The van der Waals surface area contributed by atoms with Crippen molar-refractivity contribution in [3.63, 3.8) is 0 Å². The number of benzene rings is 1. The minimum absolute atomic E-state index is 0.0505. The van der Waals surface area contributed by atoms with Crippen LogP contribution in [0.4, 0.5) is 14.5 Å². The molecule has 1 amide bonds. The van der Waals surface area contributed by atoms with Gasteiger partial charge in [-0.3, -0.25) is 9.59 Å². The number of pyridine rings is 1. The highest BCUT2D eigenvalue weighted by Crippen LogP contribution is 2.36. The number of carbonyl (C=O) groups excluding carboxylic acids is 1. The van der Waals surface area contributed by atoms with E-state index in [1.807, 2.05) is 11.4 Å². The minimum Gasteiger partial charge on any atom is -0.373 e. The highest BCUT2D eigenvalue weighted by Gasteiger charge is 2.39. The van der Waals surface area contributed by atoms with Crippen LogP contribution in [0.2, 0.25) is 4.34 Å². The van der Waals surface area contributed by atoms with E-state index < -0.39 is 23.2 Å². The third kappa shape index (κ3) is 3.40. The Labute approximate surface area is 185 Å². The minimum atomic E-state index is -1.09. The summed E-state index contributed by atoms with van der Waals surface area (Å²) in [4.78, 5) is 31.9. The Morgan fingerprint density at radius 1 is 1.26 bits per heavy atom.